The summed E-state index contributed by atoms with van der Waals surface area (Å²) in [4.78, 5) is 0. The van der Waals surface area contributed by atoms with Gasteiger partial charge in [0.25, 0.3) is 0 Å². The molecule has 0 saturated heterocycles. The topological polar surface area (TPSA) is 21.3 Å². The van der Waals surface area contributed by atoms with Gasteiger partial charge in [-0.25, -0.2) is 0 Å². The van der Waals surface area contributed by atoms with Gasteiger partial charge in [0, 0.05) is 11.6 Å². The Kier molecular flexibility index (Phi) is 3.30. The summed E-state index contributed by atoms with van der Waals surface area (Å²) in [5, 5.41) is 3.34. The van der Waals surface area contributed by atoms with Gasteiger partial charge >= 0.3 is 0 Å². The van der Waals surface area contributed by atoms with Crippen molar-refractivity contribution in [3.05, 3.63) is 41.5 Å². The van der Waals surface area contributed by atoms with Crippen LogP contribution in [0.25, 0.3) is 5.76 Å². The molecule has 16 heavy (non-hydrogen) atoms. The Bertz CT molecular complexity index is 398. The van der Waals surface area contributed by atoms with Crippen LogP contribution in [-0.4, -0.2) is 13.7 Å². The third kappa shape index (κ3) is 1.98. The Morgan fingerprint density at radius 3 is 3.06 bits per heavy atom. The van der Waals surface area contributed by atoms with Crippen LogP contribution in [-0.2, 0) is 11.2 Å². The lowest BCUT2D eigenvalue weighted by atomic mass is 10.0. The normalized spacial score (nSPS) is 18.2. The number of benzene rings is 1. The largest absolute Gasteiger partial charge is 0.494 e. The van der Waals surface area contributed by atoms with E-state index in [0.29, 0.717) is 12.6 Å². The molecule has 1 aromatic carbocycles. The molecule has 0 heterocycles. The fourth-order valence-corrected chi connectivity index (χ4v) is 2.35. The summed E-state index contributed by atoms with van der Waals surface area (Å²) in [6, 6.07) is 7.03. The van der Waals surface area contributed by atoms with Gasteiger partial charge in [-0.1, -0.05) is 18.7 Å². The van der Waals surface area contributed by atoms with Crippen molar-refractivity contribution in [1.29, 1.82) is 0 Å². The highest BCUT2D eigenvalue weighted by Crippen LogP contribution is 2.32. The number of hydrogen-bond acceptors (Lipinski definition) is 2. The molecule has 2 heteroatoms. The zero-order valence-corrected chi connectivity index (χ0v) is 10.0. The molecular weight excluding hydrogens is 198 g/mol. The zero-order valence-electron chi connectivity index (χ0n) is 10.0. The maximum atomic E-state index is 5.43. The molecule has 0 bridgehead atoms. The van der Waals surface area contributed by atoms with E-state index >= 15 is 0 Å². The van der Waals surface area contributed by atoms with Gasteiger partial charge in [0.05, 0.1) is 6.61 Å². The van der Waals surface area contributed by atoms with Gasteiger partial charge in [-0.2, -0.15) is 0 Å². The fourth-order valence-electron chi connectivity index (χ4n) is 2.35. The average molecular weight is 217 g/mol. The van der Waals surface area contributed by atoms with Crippen LogP contribution >= 0.6 is 0 Å². The number of hydrogen-bond donors (Lipinski definition) is 1. The summed E-state index contributed by atoms with van der Waals surface area (Å²) in [5.41, 5.74) is 3.96. The number of aryl methyl sites for hydroxylation is 1. The fraction of sp³-hybridized carbons (Fsp3) is 0.429. The minimum atomic E-state index is 0.518. The molecule has 0 saturated carbocycles. The van der Waals surface area contributed by atoms with Crippen LogP contribution < -0.4 is 5.32 Å². The molecule has 86 valence electrons. The highest BCUT2D eigenvalue weighted by Gasteiger charge is 2.21. The maximum absolute atomic E-state index is 5.43. The van der Waals surface area contributed by atoms with Crippen LogP contribution in [0.1, 0.15) is 36.1 Å². The summed E-state index contributed by atoms with van der Waals surface area (Å²) in [6.07, 6.45) is 2.34. The average Bonchev–Trinajstić information content (AvgIpc) is 2.71. The van der Waals surface area contributed by atoms with Crippen molar-refractivity contribution >= 4 is 5.76 Å². The van der Waals surface area contributed by atoms with E-state index in [9.17, 15) is 0 Å². The Hall–Kier alpha value is -1.28. The first-order chi connectivity index (χ1) is 7.76. The van der Waals surface area contributed by atoms with E-state index in [-0.39, 0.29) is 0 Å². The van der Waals surface area contributed by atoms with E-state index in [1.54, 1.807) is 0 Å². The SMILES string of the molecule is C=C(OCC)c1ccc2c(c1)CCC2NC. The second-order valence-electron chi connectivity index (χ2n) is 4.15. The molecule has 0 aromatic heterocycles. The lowest BCUT2D eigenvalue weighted by Gasteiger charge is -2.12. The lowest BCUT2D eigenvalue weighted by molar-refractivity contribution is 0.299. The molecule has 2 nitrogen and oxygen atoms in total. The summed E-state index contributed by atoms with van der Waals surface area (Å²) in [5.74, 6) is 0.776. The molecule has 1 aliphatic carbocycles. The van der Waals surface area contributed by atoms with Gasteiger partial charge in [0.15, 0.2) is 0 Å². The standard InChI is InChI=1S/C14H19NO/c1-4-16-10(2)11-5-7-13-12(9-11)6-8-14(13)15-3/h5,7,9,14-15H,2,4,6,8H2,1,3H3. The van der Waals surface area contributed by atoms with Crippen molar-refractivity contribution in [1.82, 2.24) is 5.32 Å². The molecule has 0 radical (unpaired) electrons. The third-order valence-corrected chi connectivity index (χ3v) is 3.21. The molecule has 0 amide bonds. The molecule has 1 N–H and O–H groups in total. The van der Waals surface area contributed by atoms with Crippen molar-refractivity contribution in [2.45, 2.75) is 25.8 Å². The van der Waals surface area contributed by atoms with Gasteiger partial charge in [-0.05, 0) is 44.0 Å². The van der Waals surface area contributed by atoms with Crippen LogP contribution in [0.2, 0.25) is 0 Å². The van der Waals surface area contributed by atoms with Crippen molar-refractivity contribution in [3.63, 3.8) is 0 Å². The Labute approximate surface area is 97.3 Å². The number of ether oxygens (including phenoxy) is 1. The summed E-state index contributed by atoms with van der Waals surface area (Å²) >= 11 is 0. The second kappa shape index (κ2) is 4.71. The summed E-state index contributed by atoms with van der Waals surface area (Å²) < 4.78 is 5.43. The van der Waals surface area contributed by atoms with E-state index < -0.39 is 0 Å². The molecule has 0 fully saturated rings. The second-order valence-corrected chi connectivity index (χ2v) is 4.15. The van der Waals surface area contributed by atoms with Crippen LogP contribution in [0.5, 0.6) is 0 Å². The van der Waals surface area contributed by atoms with Crippen LogP contribution in [0.4, 0.5) is 0 Å². The number of rotatable bonds is 4. The van der Waals surface area contributed by atoms with E-state index in [2.05, 4.69) is 30.1 Å². The molecular formula is C14H19NO. The Balaban J connectivity index is 2.24. The van der Waals surface area contributed by atoms with E-state index in [0.717, 1.165) is 17.7 Å². The van der Waals surface area contributed by atoms with E-state index in [4.69, 9.17) is 4.74 Å². The first kappa shape index (κ1) is 11.2. The molecule has 1 aliphatic rings. The van der Waals surface area contributed by atoms with Gasteiger partial charge in [0.1, 0.15) is 5.76 Å². The van der Waals surface area contributed by atoms with Crippen LogP contribution in [0.15, 0.2) is 24.8 Å². The predicted molar refractivity (Wildman–Crippen MR) is 67.2 cm³/mol. The van der Waals surface area contributed by atoms with Crippen molar-refractivity contribution in [3.8, 4) is 0 Å². The molecule has 1 unspecified atom stereocenters. The third-order valence-electron chi connectivity index (χ3n) is 3.21. The van der Waals surface area contributed by atoms with Gasteiger partial charge < -0.3 is 10.1 Å². The number of nitrogens with one attached hydrogen (secondary N) is 1. The summed E-state index contributed by atoms with van der Waals surface area (Å²) in [7, 11) is 2.02. The molecule has 0 spiro atoms. The first-order valence-corrected chi connectivity index (χ1v) is 5.88. The predicted octanol–water partition coefficient (Wildman–Crippen LogP) is 2.90. The first-order valence-electron chi connectivity index (χ1n) is 5.88. The highest BCUT2D eigenvalue weighted by molar-refractivity contribution is 5.59. The van der Waals surface area contributed by atoms with Gasteiger partial charge in [-0.3, -0.25) is 0 Å². The monoisotopic (exact) mass is 217 g/mol. The van der Waals surface area contributed by atoms with Crippen molar-refractivity contribution in [2.75, 3.05) is 13.7 Å². The zero-order chi connectivity index (χ0) is 11.5. The lowest BCUT2D eigenvalue weighted by Crippen LogP contribution is -2.12. The highest BCUT2D eigenvalue weighted by atomic mass is 16.5. The van der Waals surface area contributed by atoms with Crippen LogP contribution in [0.3, 0.4) is 0 Å². The molecule has 2 rings (SSSR count). The molecule has 1 atom stereocenters. The van der Waals surface area contributed by atoms with Crippen molar-refractivity contribution in [2.24, 2.45) is 0 Å². The van der Waals surface area contributed by atoms with Gasteiger partial charge in [-0.15, -0.1) is 0 Å². The Morgan fingerprint density at radius 1 is 1.56 bits per heavy atom. The van der Waals surface area contributed by atoms with Crippen LogP contribution in [0, 0.1) is 0 Å². The molecule has 1 aromatic rings. The quantitative estimate of drug-likeness (QED) is 0.783. The maximum Gasteiger partial charge on any atom is 0.119 e. The molecule has 0 aliphatic heterocycles. The minimum absolute atomic E-state index is 0.518. The van der Waals surface area contributed by atoms with E-state index in [1.807, 2.05) is 14.0 Å². The number of fused-ring (bicyclic) bond motifs is 1. The minimum Gasteiger partial charge on any atom is -0.494 e. The summed E-state index contributed by atoms with van der Waals surface area (Å²) in [6.45, 7) is 6.60. The van der Waals surface area contributed by atoms with E-state index in [1.165, 1.54) is 17.5 Å². The van der Waals surface area contributed by atoms with Crippen molar-refractivity contribution < 1.29 is 4.74 Å². The Morgan fingerprint density at radius 2 is 2.38 bits per heavy atom. The smallest absolute Gasteiger partial charge is 0.119 e. The van der Waals surface area contributed by atoms with Gasteiger partial charge in [0.2, 0.25) is 0 Å².